The summed E-state index contributed by atoms with van der Waals surface area (Å²) in [6, 6.07) is 12.4. The zero-order valence-corrected chi connectivity index (χ0v) is 19.1. The summed E-state index contributed by atoms with van der Waals surface area (Å²) in [5, 5.41) is 0. The summed E-state index contributed by atoms with van der Waals surface area (Å²) in [7, 11) is 0. The molecule has 3 aromatic rings. The lowest BCUT2D eigenvalue weighted by molar-refractivity contribution is -0.191. The van der Waals surface area contributed by atoms with E-state index < -0.39 is 11.9 Å². The lowest BCUT2D eigenvalue weighted by atomic mass is 10.1. The zero-order chi connectivity index (χ0) is 23.3. The first-order valence-corrected chi connectivity index (χ1v) is 9.89. The number of piperazine rings is 1. The number of H-pyrrole nitrogens is 1. The largest absolute Gasteiger partial charge is 0.432 e. The predicted molar refractivity (Wildman–Crippen MR) is 122 cm³/mol. The van der Waals surface area contributed by atoms with Gasteiger partial charge in [0.1, 0.15) is 17.3 Å². The fourth-order valence-electron chi connectivity index (χ4n) is 3.60. The second-order valence-corrected chi connectivity index (χ2v) is 7.46. The number of aryl methyl sites for hydroxylation is 1. The standard InChI is InChI=1S/C21H22F3N5.CO2.H2S/c1-14-3-6-17(7-4-14)28-9-10-29(15(2)13-28)19-8-5-16(11-25-19)20-26-12-18(27-20)21(22,23)24;2-1-3;/h3-8,11-12,15H,9-10,13H2,1-2H3,(H,26,27);;1H2/t15-;;/m0../s1. The summed E-state index contributed by atoms with van der Waals surface area (Å²) in [4.78, 5) is 31.4. The molecule has 176 valence electrons. The van der Waals surface area contributed by atoms with Crippen LogP contribution in [-0.2, 0) is 15.8 Å². The Morgan fingerprint density at radius 2 is 1.70 bits per heavy atom. The van der Waals surface area contributed by atoms with Gasteiger partial charge in [0.2, 0.25) is 0 Å². The van der Waals surface area contributed by atoms with E-state index in [-0.39, 0.29) is 31.5 Å². The van der Waals surface area contributed by atoms with Crippen molar-refractivity contribution in [2.75, 3.05) is 29.4 Å². The SMILES string of the molecule is Cc1ccc(N2CCN(c3ccc(-c4ncc(C(F)(F)F)[nH]4)cn3)[C@@H](C)C2)cc1.O=C=O.S. The Bertz CT molecular complexity index is 1060. The van der Waals surface area contributed by atoms with E-state index in [4.69, 9.17) is 9.59 Å². The van der Waals surface area contributed by atoms with Crippen LogP contribution in [-0.4, -0.2) is 46.8 Å². The number of hydrogen-bond acceptors (Lipinski definition) is 6. The molecular weight excluding hydrogens is 455 g/mol. The molecule has 0 amide bonds. The van der Waals surface area contributed by atoms with Crippen LogP contribution in [0.15, 0.2) is 48.8 Å². The van der Waals surface area contributed by atoms with Crippen molar-refractivity contribution in [3.05, 3.63) is 60.0 Å². The Kier molecular flexibility index (Phi) is 8.67. The maximum Gasteiger partial charge on any atom is 0.432 e. The molecule has 1 atom stereocenters. The number of alkyl halides is 3. The van der Waals surface area contributed by atoms with Gasteiger partial charge in [-0.1, -0.05) is 17.7 Å². The Labute approximate surface area is 196 Å². The first kappa shape index (κ1) is 26.0. The Balaban J connectivity index is 0.000000914. The highest BCUT2D eigenvalue weighted by Gasteiger charge is 2.33. The highest BCUT2D eigenvalue weighted by atomic mass is 32.1. The monoisotopic (exact) mass is 479 g/mol. The van der Waals surface area contributed by atoms with Crippen LogP contribution in [0.5, 0.6) is 0 Å². The average Bonchev–Trinajstić information content (AvgIpc) is 3.26. The first-order chi connectivity index (χ1) is 15.2. The molecule has 0 spiro atoms. The number of aromatic nitrogens is 3. The normalized spacial score (nSPS) is 15.7. The molecule has 1 aliphatic heterocycles. The maximum atomic E-state index is 12.7. The molecule has 3 heterocycles. The highest BCUT2D eigenvalue weighted by Crippen LogP contribution is 2.30. The fraction of sp³-hybridized carbons (Fsp3) is 0.318. The Morgan fingerprint density at radius 3 is 2.21 bits per heavy atom. The van der Waals surface area contributed by atoms with E-state index in [9.17, 15) is 13.2 Å². The van der Waals surface area contributed by atoms with Gasteiger partial charge in [-0.3, -0.25) is 0 Å². The van der Waals surface area contributed by atoms with Gasteiger partial charge in [-0.05, 0) is 38.1 Å². The minimum absolute atomic E-state index is 0. The van der Waals surface area contributed by atoms with Crippen molar-refractivity contribution in [1.29, 1.82) is 0 Å². The second kappa shape index (κ2) is 11.0. The molecule has 0 unspecified atom stereocenters. The molecule has 1 aliphatic rings. The topological polar surface area (TPSA) is 82.2 Å². The molecule has 1 saturated heterocycles. The van der Waals surface area contributed by atoms with Crippen molar-refractivity contribution in [1.82, 2.24) is 15.0 Å². The van der Waals surface area contributed by atoms with Crippen LogP contribution in [0.2, 0.25) is 0 Å². The summed E-state index contributed by atoms with van der Waals surface area (Å²) in [5.41, 5.74) is 2.11. The molecule has 1 aromatic carbocycles. The molecule has 33 heavy (non-hydrogen) atoms. The number of hydrogen-bond donors (Lipinski definition) is 1. The van der Waals surface area contributed by atoms with Crippen molar-refractivity contribution in [3.8, 4) is 11.4 Å². The maximum absolute atomic E-state index is 12.7. The zero-order valence-electron chi connectivity index (χ0n) is 18.1. The van der Waals surface area contributed by atoms with Crippen LogP contribution in [0, 0.1) is 6.92 Å². The third kappa shape index (κ3) is 6.36. The van der Waals surface area contributed by atoms with Gasteiger partial charge >= 0.3 is 12.3 Å². The lowest BCUT2D eigenvalue weighted by Gasteiger charge is -2.41. The van der Waals surface area contributed by atoms with Crippen LogP contribution in [0.25, 0.3) is 11.4 Å². The van der Waals surface area contributed by atoms with Crippen LogP contribution < -0.4 is 9.80 Å². The van der Waals surface area contributed by atoms with Crippen LogP contribution in [0.1, 0.15) is 18.2 Å². The minimum atomic E-state index is -4.44. The molecule has 0 bridgehead atoms. The molecular formula is C22H24F3N5O2S. The molecule has 0 radical (unpaired) electrons. The van der Waals surface area contributed by atoms with Crippen molar-refractivity contribution in [2.24, 2.45) is 0 Å². The van der Waals surface area contributed by atoms with Crippen molar-refractivity contribution in [3.63, 3.8) is 0 Å². The van der Waals surface area contributed by atoms with Crippen molar-refractivity contribution in [2.45, 2.75) is 26.1 Å². The van der Waals surface area contributed by atoms with Crippen molar-refractivity contribution >= 4 is 31.2 Å². The number of imidazole rings is 1. The van der Waals surface area contributed by atoms with Crippen molar-refractivity contribution < 1.29 is 22.8 Å². The van der Waals surface area contributed by atoms with Gasteiger partial charge in [0.15, 0.2) is 0 Å². The molecule has 7 nitrogen and oxygen atoms in total. The molecule has 11 heteroatoms. The summed E-state index contributed by atoms with van der Waals surface area (Å²) < 4.78 is 38.2. The number of carbonyl (C=O) groups excluding carboxylic acids is 2. The van der Waals surface area contributed by atoms with Gasteiger partial charge in [-0.25, -0.2) is 9.97 Å². The highest BCUT2D eigenvalue weighted by molar-refractivity contribution is 7.59. The second-order valence-electron chi connectivity index (χ2n) is 7.46. The molecule has 4 rings (SSSR count). The summed E-state index contributed by atoms with van der Waals surface area (Å²) in [6.45, 7) is 6.80. The van der Waals surface area contributed by atoms with Gasteiger partial charge in [-0.15, -0.1) is 0 Å². The van der Waals surface area contributed by atoms with Gasteiger partial charge in [-0.2, -0.15) is 36.3 Å². The van der Waals surface area contributed by atoms with Gasteiger partial charge < -0.3 is 14.8 Å². The van der Waals surface area contributed by atoms with E-state index in [0.717, 1.165) is 31.6 Å². The molecule has 1 N–H and O–H groups in total. The number of benzene rings is 1. The number of rotatable bonds is 3. The number of nitrogens with zero attached hydrogens (tertiary/aromatic N) is 4. The molecule has 2 aromatic heterocycles. The van der Waals surface area contributed by atoms with Crippen LogP contribution in [0.4, 0.5) is 24.7 Å². The van der Waals surface area contributed by atoms with E-state index in [2.05, 4.69) is 62.9 Å². The third-order valence-electron chi connectivity index (χ3n) is 5.22. The van der Waals surface area contributed by atoms with E-state index in [1.807, 2.05) is 6.07 Å². The number of nitrogens with one attached hydrogen (secondary N) is 1. The molecule has 1 fully saturated rings. The fourth-order valence-corrected chi connectivity index (χ4v) is 3.60. The third-order valence-corrected chi connectivity index (χ3v) is 5.22. The van der Waals surface area contributed by atoms with Gasteiger partial charge in [0.05, 0.1) is 6.20 Å². The first-order valence-electron chi connectivity index (χ1n) is 9.89. The predicted octanol–water partition coefficient (Wildman–Crippen LogP) is 4.04. The minimum Gasteiger partial charge on any atom is -0.368 e. The Hall–Kier alpha value is -3.30. The summed E-state index contributed by atoms with van der Waals surface area (Å²) >= 11 is 0. The quantitative estimate of drug-likeness (QED) is 0.611. The summed E-state index contributed by atoms with van der Waals surface area (Å²) in [5.74, 6) is 0.973. The summed E-state index contributed by atoms with van der Waals surface area (Å²) in [6.07, 6.45) is -1.83. The number of pyridine rings is 1. The smallest absolute Gasteiger partial charge is 0.368 e. The molecule has 0 saturated carbocycles. The average molecular weight is 480 g/mol. The van der Waals surface area contributed by atoms with E-state index in [1.54, 1.807) is 12.3 Å². The van der Waals surface area contributed by atoms with E-state index >= 15 is 0 Å². The van der Waals surface area contributed by atoms with Crippen LogP contribution >= 0.6 is 13.5 Å². The molecule has 0 aliphatic carbocycles. The lowest BCUT2D eigenvalue weighted by Crippen LogP contribution is -2.52. The van der Waals surface area contributed by atoms with Crippen LogP contribution in [0.3, 0.4) is 0 Å². The number of halogens is 3. The van der Waals surface area contributed by atoms with E-state index in [0.29, 0.717) is 5.56 Å². The number of aromatic amines is 1. The van der Waals surface area contributed by atoms with Gasteiger partial charge in [0, 0.05) is 43.1 Å². The van der Waals surface area contributed by atoms with Gasteiger partial charge in [0.25, 0.3) is 0 Å². The van der Waals surface area contributed by atoms with E-state index in [1.165, 1.54) is 11.3 Å². The Morgan fingerprint density at radius 1 is 1.03 bits per heavy atom. The number of anilines is 2.